The minimum atomic E-state index is -0.299. The van der Waals surface area contributed by atoms with Gasteiger partial charge in [-0.15, -0.1) is 0 Å². The molecular formula is C21H20ClFN4O2. The average molecular weight is 415 g/mol. The van der Waals surface area contributed by atoms with Gasteiger partial charge in [-0.2, -0.15) is 0 Å². The summed E-state index contributed by atoms with van der Waals surface area (Å²) in [5.41, 5.74) is 1.51. The zero-order chi connectivity index (χ0) is 20.2. The first-order chi connectivity index (χ1) is 14.1. The Kier molecular flexibility index (Phi) is 5.87. The summed E-state index contributed by atoms with van der Waals surface area (Å²) in [6.07, 6.45) is 4.87. The minimum Gasteiger partial charge on any atom is -0.444 e. The number of piperidine rings is 1. The standard InChI is InChI=1S/C21H20ClFN4O2/c22-16-5-8-19(24-10-16)26-20(28)15-2-1-9-27(11-15)12-18-13-29-21(25-18)14-3-6-17(23)7-4-14/h3-8,10,13,15H,1-2,9,11-12H2,(H,24,26,28)/t15-/m0/s1. The second-order valence-corrected chi connectivity index (χ2v) is 7.51. The summed E-state index contributed by atoms with van der Waals surface area (Å²) in [6, 6.07) is 9.41. The molecule has 29 heavy (non-hydrogen) atoms. The molecule has 3 aromatic rings. The van der Waals surface area contributed by atoms with Crippen molar-refractivity contribution < 1.29 is 13.6 Å². The highest BCUT2D eigenvalue weighted by molar-refractivity contribution is 6.30. The molecule has 1 aliphatic rings. The second kappa shape index (κ2) is 8.71. The molecule has 0 aliphatic carbocycles. The topological polar surface area (TPSA) is 71.3 Å². The number of nitrogens with zero attached hydrogens (tertiary/aromatic N) is 3. The highest BCUT2D eigenvalue weighted by atomic mass is 35.5. The molecule has 1 atom stereocenters. The van der Waals surface area contributed by atoms with Crippen molar-refractivity contribution in [3.63, 3.8) is 0 Å². The molecule has 0 unspecified atom stereocenters. The average Bonchev–Trinajstić information content (AvgIpc) is 3.19. The maximum Gasteiger partial charge on any atom is 0.229 e. The number of halogens is 2. The molecule has 0 radical (unpaired) electrons. The maximum atomic E-state index is 13.1. The Labute approximate surface area is 172 Å². The molecule has 0 bridgehead atoms. The molecule has 1 amide bonds. The van der Waals surface area contributed by atoms with Crippen LogP contribution in [0.5, 0.6) is 0 Å². The fourth-order valence-corrected chi connectivity index (χ4v) is 3.54. The van der Waals surface area contributed by atoms with E-state index in [0.717, 1.165) is 30.6 Å². The number of rotatable bonds is 5. The fraction of sp³-hybridized carbons (Fsp3) is 0.286. The van der Waals surface area contributed by atoms with E-state index >= 15 is 0 Å². The van der Waals surface area contributed by atoms with Crippen molar-refractivity contribution in [1.82, 2.24) is 14.9 Å². The highest BCUT2D eigenvalue weighted by Crippen LogP contribution is 2.23. The van der Waals surface area contributed by atoms with Crippen molar-refractivity contribution >= 4 is 23.3 Å². The summed E-state index contributed by atoms with van der Waals surface area (Å²) in [5, 5.41) is 3.38. The van der Waals surface area contributed by atoms with E-state index in [1.54, 1.807) is 30.5 Å². The van der Waals surface area contributed by atoms with E-state index in [1.807, 2.05) is 0 Å². The van der Waals surface area contributed by atoms with Crippen LogP contribution in [0.1, 0.15) is 18.5 Å². The third-order valence-electron chi connectivity index (χ3n) is 4.88. The largest absolute Gasteiger partial charge is 0.444 e. The summed E-state index contributed by atoms with van der Waals surface area (Å²) >= 11 is 5.83. The van der Waals surface area contributed by atoms with Crippen LogP contribution >= 0.6 is 11.6 Å². The maximum absolute atomic E-state index is 13.1. The van der Waals surface area contributed by atoms with Crippen molar-refractivity contribution in [2.75, 3.05) is 18.4 Å². The number of benzene rings is 1. The van der Waals surface area contributed by atoms with Crippen LogP contribution in [0.25, 0.3) is 11.5 Å². The number of anilines is 1. The number of hydrogen-bond donors (Lipinski definition) is 1. The number of aromatic nitrogens is 2. The number of pyridine rings is 1. The van der Waals surface area contributed by atoms with Gasteiger partial charge in [-0.05, 0) is 55.8 Å². The molecule has 8 heteroatoms. The van der Waals surface area contributed by atoms with Crippen LogP contribution in [-0.2, 0) is 11.3 Å². The van der Waals surface area contributed by atoms with E-state index in [1.165, 1.54) is 18.3 Å². The number of carbonyl (C=O) groups is 1. The SMILES string of the molecule is O=C(Nc1ccc(Cl)cn1)[C@H]1CCCN(Cc2coc(-c3ccc(F)cc3)n2)C1. The van der Waals surface area contributed by atoms with Gasteiger partial charge in [0.1, 0.15) is 17.9 Å². The number of oxazole rings is 1. The zero-order valence-corrected chi connectivity index (χ0v) is 16.4. The third-order valence-corrected chi connectivity index (χ3v) is 5.11. The summed E-state index contributed by atoms with van der Waals surface area (Å²) in [5.74, 6) is 0.491. The van der Waals surface area contributed by atoms with Gasteiger partial charge in [0.05, 0.1) is 16.6 Å². The molecule has 0 spiro atoms. The molecule has 1 aromatic carbocycles. The summed E-state index contributed by atoms with van der Waals surface area (Å²) in [7, 11) is 0. The lowest BCUT2D eigenvalue weighted by molar-refractivity contribution is -0.121. The number of hydrogen-bond acceptors (Lipinski definition) is 5. The van der Waals surface area contributed by atoms with Crippen LogP contribution in [0.3, 0.4) is 0 Å². The lowest BCUT2D eigenvalue weighted by atomic mass is 9.97. The van der Waals surface area contributed by atoms with Crippen LogP contribution < -0.4 is 5.32 Å². The van der Waals surface area contributed by atoms with Gasteiger partial charge in [-0.25, -0.2) is 14.4 Å². The van der Waals surface area contributed by atoms with E-state index in [9.17, 15) is 9.18 Å². The van der Waals surface area contributed by atoms with Gasteiger partial charge in [0.25, 0.3) is 0 Å². The highest BCUT2D eigenvalue weighted by Gasteiger charge is 2.26. The smallest absolute Gasteiger partial charge is 0.229 e. The van der Waals surface area contributed by atoms with E-state index in [2.05, 4.69) is 20.2 Å². The Morgan fingerprint density at radius 3 is 2.86 bits per heavy atom. The lowest BCUT2D eigenvalue weighted by Crippen LogP contribution is -2.40. The van der Waals surface area contributed by atoms with Crippen LogP contribution in [0, 0.1) is 11.7 Å². The van der Waals surface area contributed by atoms with Crippen molar-refractivity contribution in [3.05, 3.63) is 65.4 Å². The zero-order valence-electron chi connectivity index (χ0n) is 15.6. The number of likely N-dealkylation sites (tertiary alicyclic amines) is 1. The van der Waals surface area contributed by atoms with E-state index in [-0.39, 0.29) is 17.6 Å². The third kappa shape index (κ3) is 4.99. The Morgan fingerprint density at radius 1 is 1.28 bits per heavy atom. The van der Waals surface area contributed by atoms with Crippen LogP contribution in [0.15, 0.2) is 53.3 Å². The van der Waals surface area contributed by atoms with Gasteiger partial charge in [-0.1, -0.05) is 11.6 Å². The lowest BCUT2D eigenvalue weighted by Gasteiger charge is -2.31. The Balaban J connectivity index is 1.35. The molecule has 1 N–H and O–H groups in total. The van der Waals surface area contributed by atoms with E-state index in [4.69, 9.17) is 16.0 Å². The molecule has 6 nitrogen and oxygen atoms in total. The van der Waals surface area contributed by atoms with Gasteiger partial charge < -0.3 is 9.73 Å². The van der Waals surface area contributed by atoms with Crippen molar-refractivity contribution in [1.29, 1.82) is 0 Å². The molecule has 150 valence electrons. The molecular weight excluding hydrogens is 395 g/mol. The van der Waals surface area contributed by atoms with E-state index < -0.39 is 0 Å². The molecule has 0 saturated carbocycles. The van der Waals surface area contributed by atoms with Crippen molar-refractivity contribution in [3.8, 4) is 11.5 Å². The Morgan fingerprint density at radius 2 is 2.10 bits per heavy atom. The summed E-state index contributed by atoms with van der Waals surface area (Å²) in [4.78, 5) is 23.4. The Hall–Kier alpha value is -2.77. The molecule has 1 aliphatic heterocycles. The fourth-order valence-electron chi connectivity index (χ4n) is 3.42. The number of carbonyl (C=O) groups excluding carboxylic acids is 1. The normalized spacial score (nSPS) is 17.2. The van der Waals surface area contributed by atoms with Gasteiger partial charge in [0.2, 0.25) is 11.8 Å². The van der Waals surface area contributed by atoms with Gasteiger partial charge in [0.15, 0.2) is 0 Å². The summed E-state index contributed by atoms with van der Waals surface area (Å²) in [6.45, 7) is 2.12. The quantitative estimate of drug-likeness (QED) is 0.670. The first kappa shape index (κ1) is 19.5. The van der Waals surface area contributed by atoms with Crippen LogP contribution in [-0.4, -0.2) is 33.9 Å². The van der Waals surface area contributed by atoms with Gasteiger partial charge >= 0.3 is 0 Å². The molecule has 1 saturated heterocycles. The van der Waals surface area contributed by atoms with Crippen molar-refractivity contribution in [2.24, 2.45) is 5.92 Å². The summed E-state index contributed by atoms with van der Waals surface area (Å²) < 4.78 is 18.6. The predicted molar refractivity (Wildman–Crippen MR) is 108 cm³/mol. The monoisotopic (exact) mass is 414 g/mol. The molecule has 2 aromatic heterocycles. The van der Waals surface area contributed by atoms with Gasteiger partial charge in [-0.3, -0.25) is 9.69 Å². The predicted octanol–water partition coefficient (Wildman–Crippen LogP) is 4.38. The first-order valence-corrected chi connectivity index (χ1v) is 9.80. The van der Waals surface area contributed by atoms with Crippen LogP contribution in [0.4, 0.5) is 10.2 Å². The molecule has 1 fully saturated rings. The second-order valence-electron chi connectivity index (χ2n) is 7.08. The number of nitrogens with one attached hydrogen (secondary N) is 1. The minimum absolute atomic E-state index is 0.0447. The van der Waals surface area contributed by atoms with Crippen molar-refractivity contribution in [2.45, 2.75) is 19.4 Å². The molecule has 3 heterocycles. The van der Waals surface area contributed by atoms with Crippen LogP contribution in [0.2, 0.25) is 5.02 Å². The van der Waals surface area contributed by atoms with Gasteiger partial charge in [0, 0.05) is 24.8 Å². The first-order valence-electron chi connectivity index (χ1n) is 9.42. The number of amides is 1. The Bertz CT molecular complexity index is 975. The van der Waals surface area contributed by atoms with E-state index in [0.29, 0.717) is 29.8 Å². The molecule has 4 rings (SSSR count).